The largest absolute Gasteiger partial charge is 0.481 e. The number of aryl methyl sites for hydroxylation is 1. The smallest absolute Gasteiger partial charge is 0.279 e. The molecule has 10 nitrogen and oxygen atoms in total. The Balaban J connectivity index is 1.44. The number of pyridine rings is 1. The van der Waals surface area contributed by atoms with Crippen molar-refractivity contribution in [3.63, 3.8) is 0 Å². The maximum atomic E-state index is 14.8. The molecule has 0 bridgehead atoms. The number of carbonyl (C=O) groups is 1. The molecular formula is C30H28Cl2FN5O5. The maximum absolute atomic E-state index is 14.8. The first kappa shape index (κ1) is 30.6. The Morgan fingerprint density at radius 1 is 1.16 bits per heavy atom. The number of aliphatic hydroxyl groups is 1. The van der Waals surface area contributed by atoms with Crippen molar-refractivity contribution in [1.82, 2.24) is 20.1 Å². The molecule has 1 amide bonds. The zero-order valence-corrected chi connectivity index (χ0v) is 24.7. The highest BCUT2D eigenvalue weighted by Gasteiger charge is 2.24. The van der Waals surface area contributed by atoms with E-state index in [0.717, 1.165) is 16.3 Å². The van der Waals surface area contributed by atoms with Crippen LogP contribution in [0.3, 0.4) is 0 Å². The molecule has 2 aromatic heterocycles. The number of hydrogen-bond acceptors (Lipinski definition) is 8. The molecule has 13 heteroatoms. The Morgan fingerprint density at radius 3 is 2.72 bits per heavy atom. The molecule has 0 unspecified atom stereocenters. The number of ether oxygens (including phenoxy) is 2. The lowest BCUT2D eigenvalue weighted by Crippen LogP contribution is -2.46. The van der Waals surface area contributed by atoms with Crippen molar-refractivity contribution in [2.24, 2.45) is 7.05 Å². The number of anilines is 1. The van der Waals surface area contributed by atoms with E-state index >= 15 is 0 Å². The topological polar surface area (TPSA) is 128 Å². The molecule has 1 aliphatic heterocycles. The maximum Gasteiger partial charge on any atom is 0.279 e. The average Bonchev–Trinajstić information content (AvgIpc) is 3.00. The molecule has 224 valence electrons. The Bertz CT molecular complexity index is 1730. The van der Waals surface area contributed by atoms with Gasteiger partial charge in [-0.25, -0.2) is 14.1 Å². The van der Waals surface area contributed by atoms with E-state index in [1.807, 2.05) is 6.07 Å². The summed E-state index contributed by atoms with van der Waals surface area (Å²) in [5, 5.41) is 20.1. The summed E-state index contributed by atoms with van der Waals surface area (Å²) in [7, 11) is 2.93. The van der Waals surface area contributed by atoms with Gasteiger partial charge in [-0.15, -0.1) is 0 Å². The van der Waals surface area contributed by atoms with Crippen molar-refractivity contribution in [2.45, 2.75) is 25.1 Å². The molecule has 2 atom stereocenters. The minimum atomic E-state index is -0.765. The van der Waals surface area contributed by atoms with Crippen LogP contribution in [-0.2, 0) is 18.3 Å². The summed E-state index contributed by atoms with van der Waals surface area (Å²) >= 11 is 13.5. The second kappa shape index (κ2) is 13.2. The normalized spacial score (nSPS) is 16.6. The lowest BCUT2D eigenvalue weighted by molar-refractivity contribution is -0.0281. The second-order valence-electron chi connectivity index (χ2n) is 9.89. The number of rotatable bonds is 8. The predicted octanol–water partition coefficient (Wildman–Crippen LogP) is 4.46. The number of amides is 1. The van der Waals surface area contributed by atoms with Gasteiger partial charge in [-0.2, -0.15) is 5.10 Å². The van der Waals surface area contributed by atoms with Crippen LogP contribution in [0.5, 0.6) is 5.88 Å². The van der Waals surface area contributed by atoms with Crippen molar-refractivity contribution < 1.29 is 23.8 Å². The molecule has 2 aromatic carbocycles. The predicted molar refractivity (Wildman–Crippen MR) is 161 cm³/mol. The van der Waals surface area contributed by atoms with Gasteiger partial charge in [0.15, 0.2) is 0 Å². The van der Waals surface area contributed by atoms with Crippen LogP contribution in [0, 0.1) is 5.82 Å². The number of halogens is 3. The van der Waals surface area contributed by atoms with Gasteiger partial charge in [-0.3, -0.25) is 9.59 Å². The van der Waals surface area contributed by atoms with Crippen molar-refractivity contribution in [3.05, 3.63) is 92.1 Å². The molecule has 43 heavy (non-hydrogen) atoms. The molecule has 0 radical (unpaired) electrons. The van der Waals surface area contributed by atoms with E-state index in [9.17, 15) is 19.1 Å². The molecule has 1 aliphatic rings. The zero-order valence-electron chi connectivity index (χ0n) is 23.2. The van der Waals surface area contributed by atoms with Gasteiger partial charge in [-0.1, -0.05) is 47.5 Å². The van der Waals surface area contributed by atoms with Gasteiger partial charge in [-0.05, 0) is 30.7 Å². The van der Waals surface area contributed by atoms with Gasteiger partial charge in [0.25, 0.3) is 11.5 Å². The van der Waals surface area contributed by atoms with E-state index in [4.69, 9.17) is 32.7 Å². The van der Waals surface area contributed by atoms with Gasteiger partial charge < -0.3 is 25.2 Å². The van der Waals surface area contributed by atoms with Gasteiger partial charge in [0.05, 0.1) is 41.2 Å². The number of methoxy groups -OCH3 is 1. The average molecular weight is 628 g/mol. The summed E-state index contributed by atoms with van der Waals surface area (Å²) in [5.74, 6) is -1.06. The summed E-state index contributed by atoms with van der Waals surface area (Å²) in [6.07, 6.45) is 1.40. The third-order valence-electron chi connectivity index (χ3n) is 7.11. The Labute approximate surface area is 256 Å². The fourth-order valence-electron chi connectivity index (χ4n) is 4.82. The summed E-state index contributed by atoms with van der Waals surface area (Å²) < 4.78 is 26.7. The fraction of sp³-hybridized carbons (Fsp3) is 0.267. The molecule has 3 N–H and O–H groups in total. The van der Waals surface area contributed by atoms with Crippen LogP contribution in [0.4, 0.5) is 10.1 Å². The number of nitrogens with zero attached hydrogens (tertiary/aromatic N) is 3. The van der Waals surface area contributed by atoms with Crippen molar-refractivity contribution in [2.75, 3.05) is 25.6 Å². The van der Waals surface area contributed by atoms with Crippen LogP contribution in [0.15, 0.2) is 59.5 Å². The van der Waals surface area contributed by atoms with Gasteiger partial charge in [0.2, 0.25) is 5.88 Å². The first-order valence-electron chi connectivity index (χ1n) is 13.3. The molecule has 3 heterocycles. The minimum absolute atomic E-state index is 0.0296. The first-order chi connectivity index (χ1) is 20.7. The van der Waals surface area contributed by atoms with Crippen LogP contribution in [0.1, 0.15) is 22.3 Å². The quantitative estimate of drug-likeness (QED) is 0.261. The summed E-state index contributed by atoms with van der Waals surface area (Å²) in [6.45, 7) is 1.28. The van der Waals surface area contributed by atoms with Crippen LogP contribution in [0.2, 0.25) is 10.0 Å². The lowest BCUT2D eigenvalue weighted by Gasteiger charge is -2.28. The van der Waals surface area contributed by atoms with Crippen LogP contribution in [0.25, 0.3) is 22.4 Å². The monoisotopic (exact) mass is 627 g/mol. The zero-order chi connectivity index (χ0) is 30.7. The number of benzene rings is 2. The second-order valence-corrected chi connectivity index (χ2v) is 10.6. The van der Waals surface area contributed by atoms with E-state index in [1.54, 1.807) is 24.3 Å². The SMILES string of the molecule is COc1nc(-c2cccc(-c3cc(F)cc(NC(=O)c4ccnn(C)c4=O)c3Cl)c2Cl)ccc1CN[C@@H]1CCOC[C@@H]1O. The third kappa shape index (κ3) is 6.56. The van der Waals surface area contributed by atoms with Gasteiger partial charge in [0, 0.05) is 54.7 Å². The third-order valence-corrected chi connectivity index (χ3v) is 7.93. The van der Waals surface area contributed by atoms with E-state index in [2.05, 4.69) is 20.7 Å². The highest BCUT2D eigenvalue weighted by Crippen LogP contribution is 2.42. The molecule has 1 fully saturated rings. The Kier molecular flexibility index (Phi) is 9.38. The number of carbonyl (C=O) groups excluding carboxylic acids is 1. The number of aliphatic hydroxyl groups excluding tert-OH is 1. The number of aromatic nitrogens is 3. The molecule has 4 aromatic rings. The molecular weight excluding hydrogens is 600 g/mol. The van der Waals surface area contributed by atoms with Crippen LogP contribution >= 0.6 is 23.2 Å². The van der Waals surface area contributed by atoms with Gasteiger partial charge >= 0.3 is 0 Å². The van der Waals surface area contributed by atoms with Crippen molar-refractivity contribution in [1.29, 1.82) is 0 Å². The van der Waals surface area contributed by atoms with E-state index in [1.165, 1.54) is 32.5 Å². The fourth-order valence-corrected chi connectivity index (χ4v) is 5.40. The van der Waals surface area contributed by atoms with E-state index < -0.39 is 23.4 Å². The van der Waals surface area contributed by atoms with Crippen LogP contribution in [-0.4, -0.2) is 58.2 Å². The highest BCUT2D eigenvalue weighted by atomic mass is 35.5. The van der Waals surface area contributed by atoms with Gasteiger partial charge in [0.1, 0.15) is 11.4 Å². The summed E-state index contributed by atoms with van der Waals surface area (Å²) in [5.41, 5.74) is 1.64. The van der Waals surface area contributed by atoms with E-state index in [-0.39, 0.29) is 39.5 Å². The summed E-state index contributed by atoms with van der Waals surface area (Å²) in [6, 6.07) is 12.2. The highest BCUT2D eigenvalue weighted by molar-refractivity contribution is 6.39. The molecule has 1 saturated heterocycles. The number of nitrogens with one attached hydrogen (secondary N) is 2. The van der Waals surface area contributed by atoms with E-state index in [0.29, 0.717) is 42.3 Å². The van der Waals surface area contributed by atoms with Crippen molar-refractivity contribution in [3.8, 4) is 28.3 Å². The van der Waals surface area contributed by atoms with Crippen LogP contribution < -0.4 is 20.9 Å². The molecule has 5 rings (SSSR count). The lowest BCUT2D eigenvalue weighted by atomic mass is 10.00. The standard InChI is InChI=1S/C30H28Cl2FN5O5/c1-38-30(41)20(8-10-35-38)28(40)36-24-13-17(33)12-21(27(24)32)18-4-3-5-19(26(18)31)22-7-6-16(29(37-22)42-2)14-34-23-9-11-43-15-25(23)39/h3-8,10,12-13,23,25,34,39H,9,11,14-15H2,1-2H3,(H,36,40)/t23-,25+/m1/s1. The summed E-state index contributed by atoms with van der Waals surface area (Å²) in [4.78, 5) is 29.8. The first-order valence-corrected chi connectivity index (χ1v) is 14.1. The Morgan fingerprint density at radius 2 is 1.95 bits per heavy atom. The van der Waals surface area contributed by atoms with Crippen molar-refractivity contribution >= 4 is 34.8 Å². The molecule has 0 spiro atoms. The molecule has 0 saturated carbocycles. The number of hydrogen-bond donors (Lipinski definition) is 3. The Hall–Kier alpha value is -3.87. The minimum Gasteiger partial charge on any atom is -0.481 e. The molecule has 0 aliphatic carbocycles.